The van der Waals surface area contributed by atoms with E-state index >= 15 is 0 Å². The van der Waals surface area contributed by atoms with Crippen LogP contribution in [-0.2, 0) is 35.1 Å². The van der Waals surface area contributed by atoms with Gasteiger partial charge in [-0.15, -0.1) is 5.92 Å². The first-order valence-corrected chi connectivity index (χ1v) is 10.7. The summed E-state index contributed by atoms with van der Waals surface area (Å²) in [7, 11) is 0. The molecular formula is C23H27N3O7. The van der Waals surface area contributed by atoms with Crippen molar-refractivity contribution < 1.29 is 33.4 Å². The molecule has 10 heteroatoms. The van der Waals surface area contributed by atoms with Crippen LogP contribution >= 0.6 is 0 Å². The number of hydrogen-bond donors (Lipinski definition) is 2. The van der Waals surface area contributed by atoms with Crippen LogP contribution in [-0.4, -0.2) is 74.2 Å². The molecular weight excluding hydrogens is 430 g/mol. The number of rotatable bonds is 11. The molecule has 10 nitrogen and oxygen atoms in total. The third-order valence-electron chi connectivity index (χ3n) is 5.18. The van der Waals surface area contributed by atoms with Gasteiger partial charge in [-0.3, -0.25) is 24.5 Å². The molecule has 0 aliphatic carbocycles. The van der Waals surface area contributed by atoms with Crippen LogP contribution in [0.25, 0.3) is 0 Å². The highest BCUT2D eigenvalue weighted by atomic mass is 16.5. The molecule has 2 aliphatic heterocycles. The number of carbonyl (C=O) groups excluding carboxylic acids is 4. The van der Waals surface area contributed by atoms with Gasteiger partial charge in [0.1, 0.15) is 19.3 Å². The highest BCUT2D eigenvalue weighted by Gasteiger charge is 2.39. The number of fused-ring (bicyclic) bond motifs is 1. The first-order chi connectivity index (χ1) is 16.0. The molecule has 1 atom stereocenters. The van der Waals surface area contributed by atoms with Crippen molar-refractivity contribution in [3.63, 3.8) is 0 Å². The lowest BCUT2D eigenvalue weighted by Gasteiger charge is -2.29. The summed E-state index contributed by atoms with van der Waals surface area (Å²) in [5, 5.41) is 5.04. The summed E-state index contributed by atoms with van der Waals surface area (Å²) in [6.45, 7) is 3.55. The second kappa shape index (κ2) is 12.1. The largest absolute Gasteiger partial charge is 0.377 e. The number of imide groups is 1. The predicted octanol–water partition coefficient (Wildman–Crippen LogP) is 0.459. The molecule has 0 spiro atoms. The van der Waals surface area contributed by atoms with Crippen molar-refractivity contribution in [2.45, 2.75) is 32.4 Å². The fourth-order valence-corrected chi connectivity index (χ4v) is 3.59. The predicted molar refractivity (Wildman–Crippen MR) is 117 cm³/mol. The lowest BCUT2D eigenvalue weighted by Crippen LogP contribution is -2.52. The summed E-state index contributed by atoms with van der Waals surface area (Å²) in [6, 6.07) is 4.32. The lowest BCUT2D eigenvalue weighted by atomic mass is 10.0. The van der Waals surface area contributed by atoms with Gasteiger partial charge in [0.05, 0.1) is 26.4 Å². The number of hydrogen-bond acceptors (Lipinski definition) is 7. The van der Waals surface area contributed by atoms with Gasteiger partial charge in [0.2, 0.25) is 17.7 Å². The molecule has 0 radical (unpaired) electrons. The molecule has 4 amide bonds. The minimum atomic E-state index is -0.709. The third-order valence-corrected chi connectivity index (χ3v) is 5.18. The first-order valence-electron chi connectivity index (χ1n) is 10.7. The molecule has 1 fully saturated rings. The summed E-state index contributed by atoms with van der Waals surface area (Å²) in [5.41, 5.74) is 1.56. The summed E-state index contributed by atoms with van der Waals surface area (Å²) in [6.07, 6.45) is 0.461. The highest BCUT2D eigenvalue weighted by Crippen LogP contribution is 2.32. The van der Waals surface area contributed by atoms with Crippen LogP contribution in [0.1, 0.15) is 35.7 Å². The van der Waals surface area contributed by atoms with Crippen molar-refractivity contribution in [1.82, 2.24) is 10.2 Å². The number of carbonyl (C=O) groups is 4. The fourth-order valence-electron chi connectivity index (χ4n) is 3.59. The summed E-state index contributed by atoms with van der Waals surface area (Å²) < 4.78 is 15.9. The van der Waals surface area contributed by atoms with Gasteiger partial charge in [0.25, 0.3) is 5.91 Å². The Labute approximate surface area is 191 Å². The second-order valence-corrected chi connectivity index (χ2v) is 7.42. The van der Waals surface area contributed by atoms with Crippen LogP contribution < -0.4 is 10.6 Å². The van der Waals surface area contributed by atoms with E-state index in [1.165, 1.54) is 4.90 Å². The van der Waals surface area contributed by atoms with Gasteiger partial charge in [-0.2, -0.15) is 0 Å². The van der Waals surface area contributed by atoms with E-state index in [1.54, 1.807) is 25.1 Å². The smallest absolute Gasteiger partial charge is 0.255 e. The van der Waals surface area contributed by atoms with E-state index in [-0.39, 0.29) is 50.3 Å². The Morgan fingerprint density at radius 3 is 2.67 bits per heavy atom. The highest BCUT2D eigenvalue weighted by molar-refractivity contribution is 6.06. The SMILES string of the molecule is CC#CCOCCOCCOCC(=O)Nc1cccc2c1CN(C1CCC(=O)NC1=O)C2=O. The van der Waals surface area contributed by atoms with Crippen molar-refractivity contribution in [1.29, 1.82) is 0 Å². The lowest BCUT2D eigenvalue weighted by molar-refractivity contribution is -0.137. The van der Waals surface area contributed by atoms with Crippen molar-refractivity contribution in [2.75, 3.05) is 45.0 Å². The quantitative estimate of drug-likeness (QED) is 0.281. The van der Waals surface area contributed by atoms with E-state index < -0.39 is 11.9 Å². The van der Waals surface area contributed by atoms with E-state index in [4.69, 9.17) is 14.2 Å². The van der Waals surface area contributed by atoms with Crippen LogP contribution in [0.2, 0.25) is 0 Å². The maximum Gasteiger partial charge on any atom is 0.255 e. The molecule has 2 N–H and O–H groups in total. The van der Waals surface area contributed by atoms with Gasteiger partial charge in [-0.1, -0.05) is 12.0 Å². The standard InChI is InChI=1S/C23H27N3O7/c1-2-3-9-31-10-11-32-12-13-33-15-21(28)24-18-6-4-5-16-17(18)14-26(23(16)30)19-7-8-20(27)25-22(19)29/h4-6,19H,7-15H2,1H3,(H,24,28)(H,25,27,29). The maximum atomic E-state index is 12.8. The van der Waals surface area contributed by atoms with E-state index in [0.717, 1.165) is 0 Å². The Bertz CT molecular complexity index is 967. The average molecular weight is 457 g/mol. The molecule has 1 aromatic carbocycles. The Morgan fingerprint density at radius 2 is 1.91 bits per heavy atom. The minimum Gasteiger partial charge on any atom is -0.377 e. The summed E-state index contributed by atoms with van der Waals surface area (Å²) >= 11 is 0. The molecule has 0 aromatic heterocycles. The number of amides is 4. The molecule has 0 saturated carbocycles. The van der Waals surface area contributed by atoms with Gasteiger partial charge in [0.15, 0.2) is 0 Å². The Balaban J connectivity index is 1.43. The Morgan fingerprint density at radius 1 is 1.15 bits per heavy atom. The average Bonchev–Trinajstić information content (AvgIpc) is 3.12. The molecule has 1 aromatic rings. The van der Waals surface area contributed by atoms with E-state index in [2.05, 4.69) is 22.5 Å². The van der Waals surface area contributed by atoms with Gasteiger partial charge in [-0.05, 0) is 25.5 Å². The number of piperidine rings is 1. The molecule has 1 saturated heterocycles. The summed E-state index contributed by atoms with van der Waals surface area (Å²) in [5.74, 6) is 4.04. The Hall–Kier alpha value is -3.26. The number of benzene rings is 1. The third kappa shape index (κ3) is 6.61. The van der Waals surface area contributed by atoms with Crippen LogP contribution in [0.3, 0.4) is 0 Å². The minimum absolute atomic E-state index is 0.166. The zero-order valence-electron chi connectivity index (χ0n) is 18.5. The molecule has 1 unspecified atom stereocenters. The summed E-state index contributed by atoms with van der Waals surface area (Å²) in [4.78, 5) is 50.1. The molecule has 3 rings (SSSR count). The van der Waals surface area contributed by atoms with E-state index in [0.29, 0.717) is 43.2 Å². The van der Waals surface area contributed by atoms with Gasteiger partial charge in [-0.25, -0.2) is 0 Å². The van der Waals surface area contributed by atoms with E-state index in [9.17, 15) is 19.2 Å². The molecule has 33 heavy (non-hydrogen) atoms. The maximum absolute atomic E-state index is 12.8. The number of nitrogens with zero attached hydrogens (tertiary/aromatic N) is 1. The van der Waals surface area contributed by atoms with Gasteiger partial charge in [0, 0.05) is 29.8 Å². The van der Waals surface area contributed by atoms with Crippen molar-refractivity contribution >= 4 is 29.3 Å². The molecule has 2 aliphatic rings. The van der Waals surface area contributed by atoms with Crippen molar-refractivity contribution in [3.05, 3.63) is 29.3 Å². The monoisotopic (exact) mass is 457 g/mol. The van der Waals surface area contributed by atoms with Crippen molar-refractivity contribution in [2.24, 2.45) is 0 Å². The van der Waals surface area contributed by atoms with Crippen LogP contribution in [0.15, 0.2) is 18.2 Å². The Kier molecular flexibility index (Phi) is 8.95. The first kappa shape index (κ1) is 24.4. The number of anilines is 1. The van der Waals surface area contributed by atoms with Crippen LogP contribution in [0, 0.1) is 11.8 Å². The number of ether oxygens (including phenoxy) is 3. The van der Waals surface area contributed by atoms with Crippen LogP contribution in [0.4, 0.5) is 5.69 Å². The molecule has 0 bridgehead atoms. The molecule has 2 heterocycles. The van der Waals surface area contributed by atoms with Crippen LogP contribution in [0.5, 0.6) is 0 Å². The second-order valence-electron chi connectivity index (χ2n) is 7.42. The normalized spacial score (nSPS) is 17.3. The van der Waals surface area contributed by atoms with Crippen molar-refractivity contribution in [3.8, 4) is 11.8 Å². The molecule has 176 valence electrons. The van der Waals surface area contributed by atoms with Gasteiger partial charge < -0.3 is 24.4 Å². The zero-order chi connectivity index (χ0) is 23.6. The zero-order valence-corrected chi connectivity index (χ0v) is 18.5. The van der Waals surface area contributed by atoms with E-state index in [1.807, 2.05) is 0 Å². The number of nitrogens with one attached hydrogen (secondary N) is 2. The van der Waals surface area contributed by atoms with Gasteiger partial charge >= 0.3 is 0 Å². The fraction of sp³-hybridized carbons (Fsp3) is 0.478. The topological polar surface area (TPSA) is 123 Å².